The third-order valence-corrected chi connectivity index (χ3v) is 3.20. The maximum atomic E-state index is 11.2. The Morgan fingerprint density at radius 1 is 1.35 bits per heavy atom. The first-order chi connectivity index (χ1) is 8.20. The molecule has 3 heteroatoms. The Morgan fingerprint density at radius 2 is 2.06 bits per heavy atom. The molecular formula is C14H18N2O. The molecule has 0 unspecified atom stereocenters. The molecule has 0 bridgehead atoms. The van der Waals surface area contributed by atoms with Crippen molar-refractivity contribution in [1.29, 1.82) is 0 Å². The molecule has 0 aliphatic carbocycles. The number of hydrogen-bond acceptors (Lipinski definition) is 3. The van der Waals surface area contributed by atoms with Crippen molar-refractivity contribution >= 4 is 11.5 Å². The molecule has 3 nitrogen and oxygen atoms in total. The average Bonchev–Trinajstić information content (AvgIpc) is 2.39. The summed E-state index contributed by atoms with van der Waals surface area (Å²) in [6.45, 7) is 4.16. The molecule has 0 spiro atoms. The summed E-state index contributed by atoms with van der Waals surface area (Å²) in [5.41, 5.74) is 8.89. The minimum absolute atomic E-state index is 0.112. The van der Waals surface area contributed by atoms with Crippen molar-refractivity contribution in [2.75, 3.05) is 24.5 Å². The van der Waals surface area contributed by atoms with Crippen molar-refractivity contribution < 1.29 is 4.79 Å². The summed E-state index contributed by atoms with van der Waals surface area (Å²) in [4.78, 5) is 13.5. The predicted octanol–water partition coefficient (Wildman–Crippen LogP) is 1.98. The van der Waals surface area contributed by atoms with Crippen molar-refractivity contribution in [3.05, 3.63) is 41.5 Å². The van der Waals surface area contributed by atoms with Crippen LogP contribution >= 0.6 is 0 Å². The fourth-order valence-corrected chi connectivity index (χ4v) is 2.04. The van der Waals surface area contributed by atoms with Gasteiger partial charge in [-0.2, -0.15) is 0 Å². The van der Waals surface area contributed by atoms with Crippen LogP contribution in [0.1, 0.15) is 23.7 Å². The van der Waals surface area contributed by atoms with Gasteiger partial charge in [0.25, 0.3) is 0 Å². The Balaban J connectivity index is 2.09. The van der Waals surface area contributed by atoms with Gasteiger partial charge in [0.1, 0.15) is 0 Å². The summed E-state index contributed by atoms with van der Waals surface area (Å²) in [7, 11) is 0. The van der Waals surface area contributed by atoms with Crippen molar-refractivity contribution in [3.8, 4) is 0 Å². The Labute approximate surface area is 102 Å². The fourth-order valence-electron chi connectivity index (χ4n) is 2.04. The number of Topliss-reactive ketones (excluding diaryl/α,β-unsaturated/α-hetero) is 1. The summed E-state index contributed by atoms with van der Waals surface area (Å²) in [6, 6.07) is 7.80. The molecule has 0 saturated carbocycles. The van der Waals surface area contributed by atoms with Gasteiger partial charge in [-0.15, -0.1) is 0 Å². The number of hydrogen-bond donors (Lipinski definition) is 1. The van der Waals surface area contributed by atoms with Crippen LogP contribution in [-0.4, -0.2) is 25.4 Å². The van der Waals surface area contributed by atoms with Crippen LogP contribution < -0.4 is 10.6 Å². The highest BCUT2D eigenvalue weighted by Crippen LogP contribution is 2.20. The van der Waals surface area contributed by atoms with E-state index in [0.29, 0.717) is 6.54 Å². The van der Waals surface area contributed by atoms with Crippen LogP contribution in [0.5, 0.6) is 0 Å². The maximum Gasteiger partial charge on any atom is 0.159 e. The largest absolute Gasteiger partial charge is 0.367 e. The second kappa shape index (κ2) is 5.15. The number of carbonyl (C=O) groups excluding carboxylic acids is 1. The van der Waals surface area contributed by atoms with E-state index in [-0.39, 0.29) is 5.78 Å². The topological polar surface area (TPSA) is 46.3 Å². The Hall–Kier alpha value is -1.61. The van der Waals surface area contributed by atoms with Gasteiger partial charge in [-0.05, 0) is 37.6 Å². The van der Waals surface area contributed by atoms with Crippen LogP contribution in [0.15, 0.2) is 35.9 Å². The average molecular weight is 230 g/mol. The van der Waals surface area contributed by atoms with Gasteiger partial charge in [-0.25, -0.2) is 0 Å². The molecule has 0 fully saturated rings. The third-order valence-electron chi connectivity index (χ3n) is 3.20. The lowest BCUT2D eigenvalue weighted by molar-refractivity contribution is 0.101. The Morgan fingerprint density at radius 3 is 2.53 bits per heavy atom. The van der Waals surface area contributed by atoms with Gasteiger partial charge in [0.05, 0.1) is 0 Å². The summed E-state index contributed by atoms with van der Waals surface area (Å²) in [6.07, 6.45) is 3.23. The van der Waals surface area contributed by atoms with Gasteiger partial charge < -0.3 is 10.6 Å². The smallest absolute Gasteiger partial charge is 0.159 e. The van der Waals surface area contributed by atoms with Crippen LogP contribution in [0.4, 0.5) is 5.69 Å². The summed E-state index contributed by atoms with van der Waals surface area (Å²) in [5.74, 6) is 0.112. The molecule has 1 aliphatic rings. The summed E-state index contributed by atoms with van der Waals surface area (Å²) < 4.78 is 0. The minimum Gasteiger partial charge on any atom is -0.367 e. The second-order valence-electron chi connectivity index (χ2n) is 4.37. The van der Waals surface area contributed by atoms with Gasteiger partial charge in [0, 0.05) is 30.9 Å². The SMILES string of the molecule is CC(=O)c1ccc(N2CC=C(CN)CC2)cc1. The predicted molar refractivity (Wildman–Crippen MR) is 70.4 cm³/mol. The van der Waals surface area contributed by atoms with Gasteiger partial charge in [0.2, 0.25) is 0 Å². The number of nitrogens with two attached hydrogens (primary N) is 1. The van der Waals surface area contributed by atoms with E-state index in [2.05, 4.69) is 11.0 Å². The van der Waals surface area contributed by atoms with Gasteiger partial charge in [0.15, 0.2) is 5.78 Å². The zero-order valence-corrected chi connectivity index (χ0v) is 10.1. The van der Waals surface area contributed by atoms with E-state index in [4.69, 9.17) is 5.73 Å². The number of rotatable bonds is 3. The van der Waals surface area contributed by atoms with Crippen LogP contribution in [0.25, 0.3) is 0 Å². The molecular weight excluding hydrogens is 212 g/mol. The van der Waals surface area contributed by atoms with E-state index in [1.807, 2.05) is 24.3 Å². The van der Waals surface area contributed by atoms with Crippen molar-refractivity contribution in [1.82, 2.24) is 0 Å². The first kappa shape index (κ1) is 11.9. The fraction of sp³-hybridized carbons (Fsp3) is 0.357. The number of nitrogens with zero attached hydrogens (tertiary/aromatic N) is 1. The van der Waals surface area contributed by atoms with Crippen LogP contribution in [0, 0.1) is 0 Å². The van der Waals surface area contributed by atoms with E-state index >= 15 is 0 Å². The molecule has 2 N–H and O–H groups in total. The highest BCUT2D eigenvalue weighted by Gasteiger charge is 2.11. The van der Waals surface area contributed by atoms with E-state index in [9.17, 15) is 4.79 Å². The zero-order chi connectivity index (χ0) is 12.3. The van der Waals surface area contributed by atoms with E-state index in [1.165, 1.54) is 11.3 Å². The van der Waals surface area contributed by atoms with E-state index in [0.717, 1.165) is 25.1 Å². The molecule has 17 heavy (non-hydrogen) atoms. The third kappa shape index (κ3) is 2.74. The molecule has 0 radical (unpaired) electrons. The molecule has 1 aromatic rings. The van der Waals surface area contributed by atoms with Gasteiger partial charge >= 0.3 is 0 Å². The van der Waals surface area contributed by atoms with Crippen molar-refractivity contribution in [3.63, 3.8) is 0 Å². The lowest BCUT2D eigenvalue weighted by atomic mass is 10.1. The van der Waals surface area contributed by atoms with Crippen LogP contribution in [0.3, 0.4) is 0 Å². The standard InChI is InChI=1S/C14H18N2O/c1-11(17)13-2-4-14(5-3-13)16-8-6-12(10-15)7-9-16/h2-6H,7-10,15H2,1H3. The van der Waals surface area contributed by atoms with Crippen LogP contribution in [0.2, 0.25) is 0 Å². The van der Waals surface area contributed by atoms with Gasteiger partial charge in [-0.3, -0.25) is 4.79 Å². The molecule has 1 heterocycles. The molecule has 0 amide bonds. The number of anilines is 1. The van der Waals surface area contributed by atoms with E-state index in [1.54, 1.807) is 6.92 Å². The zero-order valence-electron chi connectivity index (χ0n) is 10.1. The van der Waals surface area contributed by atoms with Crippen molar-refractivity contribution in [2.24, 2.45) is 5.73 Å². The lowest BCUT2D eigenvalue weighted by Gasteiger charge is -2.28. The lowest BCUT2D eigenvalue weighted by Crippen LogP contribution is -2.29. The van der Waals surface area contributed by atoms with Gasteiger partial charge in [-0.1, -0.05) is 11.6 Å². The molecule has 0 saturated heterocycles. The molecule has 2 rings (SSSR count). The Kier molecular flexibility index (Phi) is 3.59. The van der Waals surface area contributed by atoms with E-state index < -0.39 is 0 Å². The number of carbonyl (C=O) groups is 1. The summed E-state index contributed by atoms with van der Waals surface area (Å²) >= 11 is 0. The molecule has 0 atom stereocenters. The highest BCUT2D eigenvalue weighted by atomic mass is 16.1. The molecule has 1 aromatic carbocycles. The van der Waals surface area contributed by atoms with Crippen LogP contribution in [-0.2, 0) is 0 Å². The highest BCUT2D eigenvalue weighted by molar-refractivity contribution is 5.94. The number of benzene rings is 1. The Bertz CT molecular complexity index is 434. The second-order valence-corrected chi connectivity index (χ2v) is 4.37. The quantitative estimate of drug-likeness (QED) is 0.638. The monoisotopic (exact) mass is 230 g/mol. The normalized spacial score (nSPS) is 15.6. The summed E-state index contributed by atoms with van der Waals surface area (Å²) in [5, 5.41) is 0. The molecule has 1 aliphatic heterocycles. The maximum absolute atomic E-state index is 11.2. The first-order valence-electron chi connectivity index (χ1n) is 5.94. The minimum atomic E-state index is 0.112. The molecule has 90 valence electrons. The van der Waals surface area contributed by atoms with Crippen molar-refractivity contribution in [2.45, 2.75) is 13.3 Å². The number of ketones is 1. The molecule has 0 aromatic heterocycles. The first-order valence-corrected chi connectivity index (χ1v) is 5.94.